The molecule has 0 saturated heterocycles. The molecule has 6 nitrogen and oxygen atoms in total. The molecule has 1 N–H and O–H groups in total. The highest BCUT2D eigenvalue weighted by Gasteiger charge is 2.46. The number of aryl methyl sites for hydroxylation is 1. The number of anilines is 2. The zero-order valence-corrected chi connectivity index (χ0v) is 18.7. The van der Waals surface area contributed by atoms with Gasteiger partial charge in [-0.25, -0.2) is 13.2 Å². The topological polar surface area (TPSA) is 71.5 Å². The third kappa shape index (κ3) is 5.06. The summed E-state index contributed by atoms with van der Waals surface area (Å²) in [5.41, 5.74) is -0.740. The van der Waals surface area contributed by atoms with Crippen molar-refractivity contribution in [1.82, 2.24) is 4.98 Å². The van der Waals surface area contributed by atoms with Gasteiger partial charge < -0.3 is 10.1 Å². The largest absolute Gasteiger partial charge is 0.476 e. The van der Waals surface area contributed by atoms with Gasteiger partial charge >= 0.3 is 6.18 Å². The summed E-state index contributed by atoms with van der Waals surface area (Å²) < 4.78 is 85.3. The number of alkyl halides is 5. The Labute approximate surface area is 196 Å². The average molecular weight is 501 g/mol. The fourth-order valence-corrected chi connectivity index (χ4v) is 4.17. The fraction of sp³-hybridized carbons (Fsp3) is 0.435. The zero-order valence-electron chi connectivity index (χ0n) is 18.7. The molecule has 0 bridgehead atoms. The van der Waals surface area contributed by atoms with Crippen LogP contribution in [0.5, 0.6) is 5.75 Å². The molecule has 35 heavy (non-hydrogen) atoms. The number of rotatable bonds is 5. The second-order valence-electron chi connectivity index (χ2n) is 8.83. The number of ether oxygens (including phenoxy) is 1. The molecule has 1 unspecified atom stereocenters. The molecule has 4 rings (SSSR count). The van der Waals surface area contributed by atoms with Gasteiger partial charge in [-0.05, 0) is 43.5 Å². The summed E-state index contributed by atoms with van der Waals surface area (Å²) in [5, 5.41) is 2.40. The van der Waals surface area contributed by atoms with E-state index in [4.69, 9.17) is 4.74 Å². The molecule has 12 heteroatoms. The first-order valence-corrected chi connectivity index (χ1v) is 10.8. The number of carbonyl (C=O) groups excluding carboxylic acids is 2. The van der Waals surface area contributed by atoms with Crippen molar-refractivity contribution in [3.05, 3.63) is 47.0 Å². The van der Waals surface area contributed by atoms with Crippen LogP contribution in [-0.4, -0.2) is 28.8 Å². The smallest absolute Gasteiger partial charge is 0.417 e. The predicted octanol–water partition coefficient (Wildman–Crippen LogP) is 5.24. The lowest BCUT2D eigenvalue weighted by Crippen LogP contribution is -2.44. The molecule has 1 atom stereocenters. The van der Waals surface area contributed by atoms with E-state index in [2.05, 4.69) is 10.3 Å². The molecule has 0 radical (unpaired) electrons. The number of nitrogens with one attached hydrogen (secondary N) is 1. The third-order valence-corrected chi connectivity index (χ3v) is 5.98. The molecule has 2 aromatic rings. The fourth-order valence-electron chi connectivity index (χ4n) is 4.17. The molecule has 1 aliphatic carbocycles. The Morgan fingerprint density at radius 2 is 1.97 bits per heavy atom. The number of aromatic nitrogens is 1. The summed E-state index contributed by atoms with van der Waals surface area (Å²) in [6.07, 6.45) is -6.03. The van der Waals surface area contributed by atoms with Crippen LogP contribution < -0.4 is 15.0 Å². The molecule has 0 spiro atoms. The maximum Gasteiger partial charge on any atom is 0.417 e. The lowest BCUT2D eigenvalue weighted by molar-refractivity contribution is -0.138. The van der Waals surface area contributed by atoms with Crippen molar-refractivity contribution in [2.75, 3.05) is 10.2 Å². The highest BCUT2D eigenvalue weighted by molar-refractivity contribution is 6.01. The van der Waals surface area contributed by atoms with Gasteiger partial charge in [0.1, 0.15) is 0 Å². The monoisotopic (exact) mass is 501 g/mol. The SMILES string of the molecule is Cc1cc2c(c(F)c1NC(=O)CC1CC(F)(F)C1)OC(C)C(=O)N2Cc1ccc(C(F)(F)F)cn1. The van der Waals surface area contributed by atoms with Crippen molar-refractivity contribution in [1.29, 1.82) is 0 Å². The Kier molecular flexibility index (Phi) is 6.18. The lowest BCUT2D eigenvalue weighted by Gasteiger charge is -2.35. The van der Waals surface area contributed by atoms with E-state index < -0.39 is 60.2 Å². The van der Waals surface area contributed by atoms with E-state index in [1.807, 2.05) is 0 Å². The van der Waals surface area contributed by atoms with E-state index in [0.29, 0.717) is 6.20 Å². The number of amides is 2. The number of hydrogen-bond acceptors (Lipinski definition) is 4. The maximum atomic E-state index is 15.4. The van der Waals surface area contributed by atoms with Crippen molar-refractivity contribution in [3.63, 3.8) is 0 Å². The van der Waals surface area contributed by atoms with E-state index in [1.165, 1.54) is 19.9 Å². The number of benzene rings is 1. The Balaban J connectivity index is 1.58. The molecule has 1 aliphatic heterocycles. The van der Waals surface area contributed by atoms with Crippen LogP contribution in [0.15, 0.2) is 24.4 Å². The van der Waals surface area contributed by atoms with Gasteiger partial charge in [0.25, 0.3) is 5.91 Å². The molecular weight excluding hydrogens is 480 g/mol. The first-order chi connectivity index (χ1) is 16.2. The van der Waals surface area contributed by atoms with Crippen molar-refractivity contribution in [2.24, 2.45) is 5.92 Å². The van der Waals surface area contributed by atoms with Gasteiger partial charge in [0.05, 0.1) is 29.2 Å². The van der Waals surface area contributed by atoms with Crippen molar-refractivity contribution in [2.45, 2.75) is 57.9 Å². The van der Waals surface area contributed by atoms with E-state index in [0.717, 1.165) is 17.0 Å². The van der Waals surface area contributed by atoms with E-state index >= 15 is 4.39 Å². The van der Waals surface area contributed by atoms with Crippen LogP contribution >= 0.6 is 0 Å². The lowest BCUT2D eigenvalue weighted by atomic mass is 9.79. The molecule has 1 aromatic carbocycles. The predicted molar refractivity (Wildman–Crippen MR) is 113 cm³/mol. The molecule has 2 aliphatic rings. The van der Waals surface area contributed by atoms with Crippen molar-refractivity contribution in [3.8, 4) is 5.75 Å². The average Bonchev–Trinajstić information content (AvgIpc) is 2.74. The van der Waals surface area contributed by atoms with Crippen LogP contribution in [0.1, 0.15) is 43.0 Å². The summed E-state index contributed by atoms with van der Waals surface area (Å²) in [6.45, 7) is 2.62. The van der Waals surface area contributed by atoms with Crippen molar-refractivity contribution < 1.29 is 40.7 Å². The van der Waals surface area contributed by atoms with Crippen LogP contribution in [-0.2, 0) is 22.3 Å². The summed E-state index contributed by atoms with van der Waals surface area (Å²) >= 11 is 0. The van der Waals surface area contributed by atoms with Crippen LogP contribution in [0.25, 0.3) is 0 Å². The standard InChI is InChI=1S/C23H21F6N3O3/c1-11-5-16-20(18(24)19(11)31-17(33)6-13-7-22(25,26)8-13)35-12(2)21(34)32(16)10-15-4-3-14(9-30-15)23(27,28)29/h3-5,9,12-13H,6-8,10H2,1-2H3,(H,31,33). The minimum absolute atomic E-state index is 0.0291. The Bertz CT molecular complexity index is 1160. The number of carbonyl (C=O) groups is 2. The molecule has 2 heterocycles. The van der Waals surface area contributed by atoms with E-state index in [9.17, 15) is 31.5 Å². The van der Waals surface area contributed by atoms with Gasteiger partial charge in [0, 0.05) is 25.5 Å². The Hall–Kier alpha value is -3.31. The van der Waals surface area contributed by atoms with Gasteiger partial charge in [0.2, 0.25) is 11.8 Å². The summed E-state index contributed by atoms with van der Waals surface area (Å²) in [7, 11) is 0. The van der Waals surface area contributed by atoms with Crippen LogP contribution in [0, 0.1) is 18.7 Å². The Morgan fingerprint density at radius 1 is 1.29 bits per heavy atom. The molecule has 2 amide bonds. The molecule has 188 valence electrons. The zero-order chi connectivity index (χ0) is 25.7. The third-order valence-electron chi connectivity index (χ3n) is 5.98. The highest BCUT2D eigenvalue weighted by atomic mass is 19.4. The van der Waals surface area contributed by atoms with Crippen molar-refractivity contribution >= 4 is 23.2 Å². The number of halogens is 6. The maximum absolute atomic E-state index is 15.4. The minimum Gasteiger partial charge on any atom is -0.476 e. The second-order valence-corrected chi connectivity index (χ2v) is 8.83. The quantitative estimate of drug-likeness (QED) is 0.570. The van der Waals surface area contributed by atoms with Crippen LogP contribution in [0.2, 0.25) is 0 Å². The number of hydrogen-bond donors (Lipinski definition) is 1. The Morgan fingerprint density at radius 3 is 2.54 bits per heavy atom. The van der Waals surface area contributed by atoms with Gasteiger partial charge in [-0.2, -0.15) is 13.2 Å². The molecule has 1 fully saturated rings. The first-order valence-electron chi connectivity index (χ1n) is 10.8. The highest BCUT2D eigenvalue weighted by Crippen LogP contribution is 2.45. The minimum atomic E-state index is -4.57. The number of fused-ring (bicyclic) bond motifs is 1. The van der Waals surface area contributed by atoms with E-state index in [1.54, 1.807) is 0 Å². The normalized spacial score (nSPS) is 19.6. The molecule has 1 saturated carbocycles. The molecule has 1 aromatic heterocycles. The van der Waals surface area contributed by atoms with Gasteiger partial charge in [-0.3, -0.25) is 19.5 Å². The summed E-state index contributed by atoms with van der Waals surface area (Å²) in [4.78, 5) is 30.0. The van der Waals surface area contributed by atoms with Gasteiger partial charge in [-0.1, -0.05) is 0 Å². The first kappa shape index (κ1) is 24.8. The molecular formula is C23H21F6N3O3. The van der Waals surface area contributed by atoms with Crippen LogP contribution in [0.4, 0.5) is 37.7 Å². The number of nitrogens with zero attached hydrogens (tertiary/aromatic N) is 2. The van der Waals surface area contributed by atoms with Gasteiger partial charge in [0.15, 0.2) is 17.7 Å². The van der Waals surface area contributed by atoms with Gasteiger partial charge in [-0.15, -0.1) is 0 Å². The summed E-state index contributed by atoms with van der Waals surface area (Å²) in [6, 6.07) is 3.36. The summed E-state index contributed by atoms with van der Waals surface area (Å²) in [5.74, 6) is -5.72. The van der Waals surface area contributed by atoms with E-state index in [-0.39, 0.29) is 41.3 Å². The van der Waals surface area contributed by atoms with Crippen LogP contribution in [0.3, 0.4) is 0 Å². The number of pyridine rings is 1. The second kappa shape index (κ2) is 8.72.